The van der Waals surface area contributed by atoms with Crippen LogP contribution in [-0.2, 0) is 40.5 Å². The number of fused-ring (bicyclic) bond motifs is 1. The van der Waals surface area contributed by atoms with Crippen LogP contribution in [0.4, 0.5) is 4.79 Å². The van der Waals surface area contributed by atoms with E-state index in [0.717, 1.165) is 10.9 Å². The largest absolute Gasteiger partial charge is 0.497 e. The zero-order valence-electron chi connectivity index (χ0n) is 34.7. The molecule has 0 spiro atoms. The second-order valence-corrected chi connectivity index (χ2v) is 19.1. The fourth-order valence-corrected chi connectivity index (χ4v) is 8.71. The first-order valence-electron chi connectivity index (χ1n) is 20.0. The Morgan fingerprint density at radius 1 is 1.03 bits per heavy atom. The van der Waals surface area contributed by atoms with E-state index in [4.69, 9.17) is 14.2 Å². The van der Waals surface area contributed by atoms with Crippen LogP contribution in [-0.4, -0.2) is 96.7 Å². The lowest BCUT2D eigenvalue weighted by atomic mass is 9.85. The zero-order chi connectivity index (χ0) is 43.6. The number of carbonyl (C=O) groups is 5. The molecule has 1 saturated heterocycles. The molecule has 5 amide bonds. The lowest BCUT2D eigenvalue weighted by Gasteiger charge is -2.36. The highest BCUT2D eigenvalue weighted by Gasteiger charge is 2.62. The minimum Gasteiger partial charge on any atom is -0.497 e. The Kier molecular flexibility index (Phi) is 12.8. The van der Waals surface area contributed by atoms with Gasteiger partial charge in [0.1, 0.15) is 42.1 Å². The number of urea groups is 1. The normalized spacial score (nSPS) is 22.2. The van der Waals surface area contributed by atoms with Gasteiger partial charge < -0.3 is 35.1 Å². The molecule has 1 aromatic heterocycles. The van der Waals surface area contributed by atoms with E-state index in [1.165, 1.54) is 11.0 Å². The van der Waals surface area contributed by atoms with Gasteiger partial charge in [0.15, 0.2) is 0 Å². The highest BCUT2D eigenvalue weighted by atomic mass is 32.2. The summed E-state index contributed by atoms with van der Waals surface area (Å²) in [5.74, 6) is -2.92. The van der Waals surface area contributed by atoms with E-state index in [0.29, 0.717) is 24.0 Å². The molecule has 60 heavy (non-hydrogen) atoms. The Balaban J connectivity index is 1.25. The number of hydrogen-bond donors (Lipinski definition) is 4. The molecule has 1 aliphatic heterocycles. The van der Waals surface area contributed by atoms with Crippen LogP contribution in [0.25, 0.3) is 10.8 Å². The summed E-state index contributed by atoms with van der Waals surface area (Å²) in [6, 6.07) is 12.0. The van der Waals surface area contributed by atoms with E-state index in [2.05, 4.69) is 32.2 Å². The Morgan fingerprint density at radius 2 is 1.75 bits per heavy atom. The molecule has 17 heteroatoms. The van der Waals surface area contributed by atoms with Crippen molar-refractivity contribution in [3.63, 3.8) is 0 Å². The van der Waals surface area contributed by atoms with Crippen molar-refractivity contribution in [1.82, 2.24) is 30.6 Å². The molecule has 6 atom stereocenters. The molecule has 2 aliphatic carbocycles. The number of rotatable bonds is 16. The second kappa shape index (κ2) is 17.5. The highest BCUT2D eigenvalue weighted by molar-refractivity contribution is 7.91. The van der Waals surface area contributed by atoms with Gasteiger partial charge in [-0.15, -0.1) is 6.58 Å². The minimum absolute atomic E-state index is 0.00620. The Hall–Kier alpha value is -5.71. The Morgan fingerprint density at radius 3 is 2.37 bits per heavy atom. The fraction of sp³-hybridized carbons (Fsp3) is 0.488. The van der Waals surface area contributed by atoms with Crippen LogP contribution in [0.3, 0.4) is 0 Å². The summed E-state index contributed by atoms with van der Waals surface area (Å²) >= 11 is 0. The third-order valence-electron chi connectivity index (χ3n) is 11.1. The van der Waals surface area contributed by atoms with E-state index in [1.807, 2.05) is 36.4 Å². The monoisotopic (exact) mass is 846 g/mol. The number of benzene rings is 2. The molecule has 6 rings (SSSR count). The molecule has 2 aromatic carbocycles. The van der Waals surface area contributed by atoms with Gasteiger partial charge in [0.25, 0.3) is 5.91 Å². The maximum absolute atomic E-state index is 14.8. The average Bonchev–Trinajstić information content (AvgIpc) is 4.14. The molecule has 16 nitrogen and oxygen atoms in total. The van der Waals surface area contributed by atoms with Crippen LogP contribution < -0.4 is 30.1 Å². The quantitative estimate of drug-likeness (QED) is 0.121. The number of pyridine rings is 1. The molecule has 1 unspecified atom stereocenters. The number of aromatic nitrogens is 1. The first-order valence-corrected chi connectivity index (χ1v) is 21.6. The first-order chi connectivity index (χ1) is 28.4. The third-order valence-corrected chi connectivity index (χ3v) is 12.9. The lowest BCUT2D eigenvalue weighted by molar-refractivity contribution is -0.148. The highest BCUT2D eigenvalue weighted by Crippen LogP contribution is 2.45. The van der Waals surface area contributed by atoms with Gasteiger partial charge in [-0.05, 0) is 65.8 Å². The number of sulfonamides is 1. The van der Waals surface area contributed by atoms with Crippen LogP contribution in [0.1, 0.15) is 65.9 Å². The lowest BCUT2D eigenvalue weighted by Crippen LogP contribution is -2.61. The van der Waals surface area contributed by atoms with E-state index in [9.17, 15) is 32.4 Å². The van der Waals surface area contributed by atoms with E-state index >= 15 is 0 Å². The van der Waals surface area contributed by atoms with E-state index in [-0.39, 0.29) is 37.8 Å². The number of nitrogens with zero attached hydrogens (tertiary/aromatic N) is 2. The van der Waals surface area contributed by atoms with Gasteiger partial charge in [0.05, 0.1) is 18.9 Å². The maximum atomic E-state index is 14.8. The van der Waals surface area contributed by atoms with Crippen molar-refractivity contribution >= 4 is 50.5 Å². The smallest absolute Gasteiger partial charge is 0.329 e. The summed E-state index contributed by atoms with van der Waals surface area (Å²) < 4.78 is 45.0. The third kappa shape index (κ3) is 9.83. The fourth-order valence-electron chi connectivity index (χ4n) is 7.35. The van der Waals surface area contributed by atoms with Gasteiger partial charge in [-0.1, -0.05) is 71.0 Å². The number of nitrogens with one attached hydrogen (secondary N) is 4. The Labute approximate surface area is 350 Å². The van der Waals surface area contributed by atoms with Crippen LogP contribution >= 0.6 is 0 Å². The number of hydrogen-bond acceptors (Lipinski definition) is 11. The molecule has 3 aromatic rings. The van der Waals surface area contributed by atoms with Crippen LogP contribution in [0.2, 0.25) is 0 Å². The molecular formula is C43H54N6O10S. The molecule has 2 heterocycles. The molecule has 3 fully saturated rings. The van der Waals surface area contributed by atoms with Gasteiger partial charge in [-0.3, -0.25) is 19.1 Å². The van der Waals surface area contributed by atoms with E-state index in [1.54, 1.807) is 66.1 Å². The van der Waals surface area contributed by atoms with Gasteiger partial charge in [-0.2, -0.15) is 0 Å². The standard InChI is InChI=1S/C43H54N6O10S/c1-8-28-22-43(28,40(53)48-60(55,56)31-15-16-31)47-36(50)33-21-30(59-37-32-17-14-29(57-7)20-27(32)18-19-44-37)23-49(33)38(51)35(42(4,5)6)46-41(54)45-34(25(2)3)39(52)58-24-26-12-10-9-11-13-26/h8-14,17-20,25,28,30-31,33-35H,1,15-16,21-24H2,2-7H3,(H,47,50)(H,48,53)(H2,45,46,54)/t28-,30-,33+,34+,35?,43-/m1/s1. The van der Waals surface area contributed by atoms with Crippen molar-refractivity contribution in [2.24, 2.45) is 17.3 Å². The molecule has 322 valence electrons. The predicted octanol–water partition coefficient (Wildman–Crippen LogP) is 3.74. The number of ether oxygens (including phenoxy) is 3. The first kappa shape index (κ1) is 43.9. The Bertz CT molecular complexity index is 2240. The number of amides is 5. The molecule has 3 aliphatic rings. The van der Waals surface area contributed by atoms with Gasteiger partial charge >= 0.3 is 12.0 Å². The van der Waals surface area contributed by atoms with Crippen molar-refractivity contribution in [3.8, 4) is 11.6 Å². The van der Waals surface area contributed by atoms with Crippen LogP contribution in [0, 0.1) is 17.3 Å². The SMILES string of the molecule is C=C[C@@H]1C[C@]1(NC(=O)[C@@H]1C[C@@H](Oc2nccc3cc(OC)ccc23)CN1C(=O)C(NC(=O)N[C@H](C(=O)OCc1ccccc1)C(C)C)C(C)(C)C)C(=O)NS(=O)(=O)C1CC1. The second-order valence-electron chi connectivity index (χ2n) is 17.1. The predicted molar refractivity (Wildman–Crippen MR) is 222 cm³/mol. The van der Waals surface area contributed by atoms with Gasteiger partial charge in [0, 0.05) is 23.9 Å². The van der Waals surface area contributed by atoms with Crippen molar-refractivity contribution in [2.75, 3.05) is 13.7 Å². The zero-order valence-corrected chi connectivity index (χ0v) is 35.5. The summed E-state index contributed by atoms with van der Waals surface area (Å²) in [7, 11) is -2.38. The molecule has 2 saturated carbocycles. The summed E-state index contributed by atoms with van der Waals surface area (Å²) in [4.78, 5) is 75.4. The minimum atomic E-state index is -3.94. The molecular weight excluding hydrogens is 793 g/mol. The molecule has 0 bridgehead atoms. The van der Waals surface area contributed by atoms with Crippen molar-refractivity contribution in [3.05, 3.63) is 79.0 Å². The van der Waals surface area contributed by atoms with Crippen molar-refractivity contribution in [2.45, 2.75) is 102 Å². The van der Waals surface area contributed by atoms with Crippen molar-refractivity contribution in [1.29, 1.82) is 0 Å². The summed E-state index contributed by atoms with van der Waals surface area (Å²) in [5, 5.41) is 8.98. The van der Waals surface area contributed by atoms with Gasteiger partial charge in [-0.25, -0.2) is 23.0 Å². The van der Waals surface area contributed by atoms with Crippen molar-refractivity contribution < 1.29 is 46.6 Å². The number of methoxy groups -OCH3 is 1. The topological polar surface area (TPSA) is 211 Å². The number of carbonyl (C=O) groups excluding carboxylic acids is 5. The van der Waals surface area contributed by atoms with Crippen LogP contribution in [0.5, 0.6) is 11.6 Å². The van der Waals surface area contributed by atoms with E-state index < -0.39 is 86.1 Å². The van der Waals surface area contributed by atoms with Gasteiger partial charge in [0.2, 0.25) is 27.7 Å². The summed E-state index contributed by atoms with van der Waals surface area (Å²) in [5.41, 5.74) is -1.75. The van der Waals surface area contributed by atoms with Crippen LogP contribution in [0.15, 0.2) is 73.4 Å². The molecule has 4 N–H and O–H groups in total. The summed E-state index contributed by atoms with van der Waals surface area (Å²) in [6.07, 6.45) is 3.21. The maximum Gasteiger partial charge on any atom is 0.329 e. The number of likely N-dealkylation sites (tertiary alicyclic amines) is 1. The average molecular weight is 847 g/mol. The number of esters is 1. The summed E-state index contributed by atoms with van der Waals surface area (Å²) in [6.45, 7) is 12.4. The molecule has 0 radical (unpaired) electrons.